The lowest BCUT2D eigenvalue weighted by atomic mass is 10.0. The third-order valence-corrected chi connectivity index (χ3v) is 3.32. The van der Waals surface area contributed by atoms with Crippen LogP contribution in [-0.2, 0) is 4.84 Å². The SMILES string of the molecule is C=C(C)C1CN2CCC(C)(C)N=C2N1OC. The molecular formula is C12H21N3O. The van der Waals surface area contributed by atoms with Crippen LogP contribution in [0, 0.1) is 0 Å². The number of fused-ring (bicyclic) bond motifs is 1. The highest BCUT2D eigenvalue weighted by Crippen LogP contribution is 2.29. The second-order valence-electron chi connectivity index (χ2n) is 5.29. The number of rotatable bonds is 2. The van der Waals surface area contributed by atoms with E-state index in [-0.39, 0.29) is 11.6 Å². The van der Waals surface area contributed by atoms with Crippen molar-refractivity contribution in [1.29, 1.82) is 0 Å². The summed E-state index contributed by atoms with van der Waals surface area (Å²) in [7, 11) is 1.70. The van der Waals surface area contributed by atoms with Gasteiger partial charge in [-0.05, 0) is 27.2 Å². The van der Waals surface area contributed by atoms with Crippen LogP contribution in [0.3, 0.4) is 0 Å². The van der Waals surface area contributed by atoms with Crippen molar-refractivity contribution >= 4 is 5.96 Å². The van der Waals surface area contributed by atoms with Gasteiger partial charge >= 0.3 is 0 Å². The first-order valence-electron chi connectivity index (χ1n) is 5.78. The molecule has 0 spiro atoms. The summed E-state index contributed by atoms with van der Waals surface area (Å²) in [4.78, 5) is 12.5. The van der Waals surface area contributed by atoms with E-state index < -0.39 is 0 Å². The highest BCUT2D eigenvalue weighted by Gasteiger charge is 2.40. The van der Waals surface area contributed by atoms with Crippen LogP contribution in [0.25, 0.3) is 0 Å². The monoisotopic (exact) mass is 223 g/mol. The van der Waals surface area contributed by atoms with Crippen molar-refractivity contribution in [3.63, 3.8) is 0 Å². The minimum atomic E-state index is 0.0204. The summed E-state index contributed by atoms with van der Waals surface area (Å²) in [5, 5.41) is 1.89. The van der Waals surface area contributed by atoms with Crippen molar-refractivity contribution in [1.82, 2.24) is 9.96 Å². The molecule has 2 heterocycles. The van der Waals surface area contributed by atoms with Gasteiger partial charge < -0.3 is 4.90 Å². The van der Waals surface area contributed by atoms with E-state index in [1.54, 1.807) is 7.11 Å². The summed E-state index contributed by atoms with van der Waals surface area (Å²) in [6.45, 7) is 12.4. The fourth-order valence-electron chi connectivity index (χ4n) is 2.25. The van der Waals surface area contributed by atoms with Crippen LogP contribution in [0.15, 0.2) is 17.1 Å². The molecule has 0 amide bonds. The van der Waals surface area contributed by atoms with Gasteiger partial charge in [-0.15, -0.1) is 0 Å². The zero-order valence-electron chi connectivity index (χ0n) is 10.7. The Morgan fingerprint density at radius 2 is 2.25 bits per heavy atom. The van der Waals surface area contributed by atoms with Crippen LogP contribution in [0.5, 0.6) is 0 Å². The highest BCUT2D eigenvalue weighted by atomic mass is 16.7. The number of hydrogen-bond acceptors (Lipinski definition) is 4. The maximum Gasteiger partial charge on any atom is 0.222 e. The molecule has 0 saturated carbocycles. The van der Waals surface area contributed by atoms with E-state index >= 15 is 0 Å². The van der Waals surface area contributed by atoms with Crippen molar-refractivity contribution in [2.75, 3.05) is 20.2 Å². The first-order chi connectivity index (χ1) is 7.44. The molecule has 0 N–H and O–H groups in total. The van der Waals surface area contributed by atoms with Crippen molar-refractivity contribution in [2.45, 2.75) is 38.8 Å². The Bertz CT molecular complexity index is 335. The lowest BCUT2D eigenvalue weighted by molar-refractivity contribution is -0.0766. The lowest BCUT2D eigenvalue weighted by Gasteiger charge is -2.33. The lowest BCUT2D eigenvalue weighted by Crippen LogP contribution is -2.43. The van der Waals surface area contributed by atoms with Gasteiger partial charge in [0.25, 0.3) is 0 Å². The third-order valence-electron chi connectivity index (χ3n) is 3.32. The van der Waals surface area contributed by atoms with Gasteiger partial charge in [0.15, 0.2) is 0 Å². The normalized spacial score (nSPS) is 27.8. The molecule has 4 nitrogen and oxygen atoms in total. The van der Waals surface area contributed by atoms with Gasteiger partial charge in [-0.2, -0.15) is 0 Å². The summed E-state index contributed by atoms with van der Waals surface area (Å²) in [6.07, 6.45) is 1.09. The van der Waals surface area contributed by atoms with Crippen LogP contribution < -0.4 is 0 Å². The molecule has 0 aromatic heterocycles. The number of nitrogens with zero attached hydrogens (tertiary/aromatic N) is 3. The topological polar surface area (TPSA) is 28.1 Å². The van der Waals surface area contributed by atoms with E-state index in [2.05, 4.69) is 25.3 Å². The van der Waals surface area contributed by atoms with Crippen molar-refractivity contribution < 1.29 is 4.84 Å². The summed E-state index contributed by atoms with van der Waals surface area (Å²) < 4.78 is 0. The smallest absolute Gasteiger partial charge is 0.222 e. The van der Waals surface area contributed by atoms with E-state index in [1.165, 1.54) is 0 Å². The maximum atomic E-state index is 5.45. The summed E-state index contributed by atoms with van der Waals surface area (Å²) in [5.41, 5.74) is 1.14. The Kier molecular flexibility index (Phi) is 2.70. The molecule has 1 saturated heterocycles. The minimum Gasteiger partial charge on any atom is -0.338 e. The Morgan fingerprint density at radius 3 is 2.81 bits per heavy atom. The highest BCUT2D eigenvalue weighted by molar-refractivity contribution is 5.83. The number of hydroxylamine groups is 2. The predicted octanol–water partition coefficient (Wildman–Crippen LogP) is 1.65. The van der Waals surface area contributed by atoms with E-state index in [0.29, 0.717) is 0 Å². The molecule has 2 aliphatic heterocycles. The van der Waals surface area contributed by atoms with Gasteiger partial charge in [-0.3, -0.25) is 4.84 Å². The molecule has 1 fully saturated rings. The minimum absolute atomic E-state index is 0.0204. The first kappa shape index (κ1) is 11.5. The molecule has 2 rings (SSSR count). The molecule has 4 heteroatoms. The summed E-state index contributed by atoms with van der Waals surface area (Å²) in [6, 6.07) is 0.234. The van der Waals surface area contributed by atoms with Crippen LogP contribution in [0.1, 0.15) is 27.2 Å². The van der Waals surface area contributed by atoms with Crippen LogP contribution in [-0.4, -0.2) is 47.7 Å². The molecule has 2 aliphatic rings. The Morgan fingerprint density at radius 1 is 1.56 bits per heavy atom. The molecule has 1 atom stereocenters. The molecule has 0 aromatic carbocycles. The Balaban J connectivity index is 2.30. The molecular weight excluding hydrogens is 202 g/mol. The van der Waals surface area contributed by atoms with E-state index in [4.69, 9.17) is 9.83 Å². The van der Waals surface area contributed by atoms with Crippen molar-refractivity contribution in [3.05, 3.63) is 12.2 Å². The summed E-state index contributed by atoms with van der Waals surface area (Å²) >= 11 is 0. The first-order valence-corrected chi connectivity index (χ1v) is 5.78. The van der Waals surface area contributed by atoms with Gasteiger partial charge in [0.1, 0.15) is 0 Å². The fraction of sp³-hybridized carbons (Fsp3) is 0.750. The summed E-state index contributed by atoms with van der Waals surface area (Å²) in [5.74, 6) is 0.965. The number of hydrogen-bond donors (Lipinski definition) is 0. The quantitative estimate of drug-likeness (QED) is 0.666. The van der Waals surface area contributed by atoms with Crippen LogP contribution in [0.4, 0.5) is 0 Å². The Labute approximate surface area is 97.5 Å². The number of guanidine groups is 1. The zero-order chi connectivity index (χ0) is 11.9. The molecule has 0 aromatic rings. The van der Waals surface area contributed by atoms with E-state index in [0.717, 1.165) is 31.0 Å². The van der Waals surface area contributed by atoms with Gasteiger partial charge in [0, 0.05) is 13.1 Å². The average molecular weight is 223 g/mol. The molecule has 0 radical (unpaired) electrons. The van der Waals surface area contributed by atoms with Gasteiger partial charge in [0.05, 0.1) is 18.7 Å². The van der Waals surface area contributed by atoms with Gasteiger partial charge in [-0.1, -0.05) is 12.2 Å². The van der Waals surface area contributed by atoms with Crippen molar-refractivity contribution in [2.24, 2.45) is 4.99 Å². The van der Waals surface area contributed by atoms with Gasteiger partial charge in [-0.25, -0.2) is 10.1 Å². The third kappa shape index (κ3) is 1.82. The second-order valence-corrected chi connectivity index (χ2v) is 5.29. The molecule has 0 aliphatic carbocycles. The van der Waals surface area contributed by atoms with Crippen molar-refractivity contribution in [3.8, 4) is 0 Å². The standard InChI is InChI=1S/C12H21N3O/c1-9(2)10-8-14-7-6-12(3,4)13-11(14)15(10)16-5/h10H,1,6-8H2,2-5H3. The molecule has 1 unspecified atom stereocenters. The largest absolute Gasteiger partial charge is 0.338 e. The molecule has 16 heavy (non-hydrogen) atoms. The zero-order valence-corrected chi connectivity index (χ0v) is 10.7. The van der Waals surface area contributed by atoms with E-state index in [9.17, 15) is 0 Å². The number of aliphatic imine (C=N–C) groups is 1. The Hall–Kier alpha value is -1.03. The average Bonchev–Trinajstić information content (AvgIpc) is 2.53. The maximum absolute atomic E-state index is 5.45. The fourth-order valence-corrected chi connectivity index (χ4v) is 2.25. The second kappa shape index (κ2) is 3.77. The van der Waals surface area contributed by atoms with Crippen LogP contribution >= 0.6 is 0 Å². The predicted molar refractivity (Wildman–Crippen MR) is 65.2 cm³/mol. The molecule has 90 valence electrons. The molecule has 0 bridgehead atoms. The van der Waals surface area contributed by atoms with Crippen LogP contribution in [0.2, 0.25) is 0 Å². The van der Waals surface area contributed by atoms with Gasteiger partial charge in [0.2, 0.25) is 5.96 Å². The van der Waals surface area contributed by atoms with E-state index in [1.807, 2.05) is 12.0 Å².